The molecule has 1 saturated heterocycles. The highest BCUT2D eigenvalue weighted by Crippen LogP contribution is 2.39. The van der Waals surface area contributed by atoms with Crippen LogP contribution in [-0.4, -0.2) is 74.1 Å². The SMILES string of the molecule is CC(C)(C)OC(=O)N1CCN(c2ccc(NC(=O)c3ccc(Br)cc3)cc2C(F)(F)F)CC1.COC(C)(C)C(C)(C)OC. The van der Waals surface area contributed by atoms with Gasteiger partial charge in [0.1, 0.15) is 5.60 Å². The Balaban J connectivity index is 0.000000553. The number of carbonyl (C=O) groups is 2. The average molecular weight is 675 g/mol. The lowest BCUT2D eigenvalue weighted by atomic mass is 9.89. The number of rotatable bonds is 6. The molecular weight excluding hydrogens is 631 g/mol. The van der Waals surface area contributed by atoms with Crippen LogP contribution in [0.25, 0.3) is 0 Å². The van der Waals surface area contributed by atoms with Gasteiger partial charge in [-0.3, -0.25) is 4.79 Å². The lowest BCUT2D eigenvalue weighted by Crippen LogP contribution is -2.50. The van der Waals surface area contributed by atoms with Crippen LogP contribution in [0.1, 0.15) is 64.4 Å². The monoisotopic (exact) mass is 673 g/mol. The van der Waals surface area contributed by atoms with Gasteiger partial charge in [0.25, 0.3) is 5.91 Å². The zero-order valence-electron chi connectivity index (χ0n) is 26.3. The van der Waals surface area contributed by atoms with Crippen LogP contribution >= 0.6 is 15.9 Å². The van der Waals surface area contributed by atoms with Crippen LogP contribution < -0.4 is 10.2 Å². The van der Waals surface area contributed by atoms with Gasteiger partial charge in [0.15, 0.2) is 0 Å². The largest absolute Gasteiger partial charge is 0.444 e. The van der Waals surface area contributed by atoms with Crippen molar-refractivity contribution in [2.24, 2.45) is 0 Å². The van der Waals surface area contributed by atoms with E-state index in [4.69, 9.17) is 14.2 Å². The van der Waals surface area contributed by atoms with Gasteiger partial charge < -0.3 is 29.3 Å². The van der Waals surface area contributed by atoms with Gasteiger partial charge in [-0.05, 0) is 90.9 Å². The van der Waals surface area contributed by atoms with Crippen LogP contribution in [0.4, 0.5) is 29.3 Å². The fourth-order valence-electron chi connectivity index (χ4n) is 3.87. The summed E-state index contributed by atoms with van der Waals surface area (Å²) >= 11 is 3.27. The summed E-state index contributed by atoms with van der Waals surface area (Å²) in [5.41, 5.74) is -1.58. The number of alkyl halides is 3. The smallest absolute Gasteiger partial charge is 0.418 e. The van der Waals surface area contributed by atoms with Crippen LogP contribution in [0.15, 0.2) is 46.9 Å². The Morgan fingerprint density at radius 3 is 1.77 bits per heavy atom. The number of hydrogen-bond donors (Lipinski definition) is 1. The first-order chi connectivity index (χ1) is 19.7. The number of halogens is 4. The number of nitrogens with zero attached hydrogens (tertiary/aromatic N) is 2. The van der Waals surface area contributed by atoms with Crippen molar-refractivity contribution in [1.29, 1.82) is 0 Å². The van der Waals surface area contributed by atoms with E-state index in [0.717, 1.165) is 10.5 Å². The zero-order chi connectivity index (χ0) is 32.8. The Bertz CT molecular complexity index is 1220. The van der Waals surface area contributed by atoms with Crippen molar-refractivity contribution >= 4 is 39.3 Å². The van der Waals surface area contributed by atoms with E-state index in [-0.39, 0.29) is 48.8 Å². The summed E-state index contributed by atoms with van der Waals surface area (Å²) in [6, 6.07) is 10.2. The second-order valence-electron chi connectivity index (χ2n) is 12.1. The average Bonchev–Trinajstić information content (AvgIpc) is 2.92. The first-order valence-corrected chi connectivity index (χ1v) is 14.6. The van der Waals surface area contributed by atoms with Crippen molar-refractivity contribution in [3.63, 3.8) is 0 Å². The van der Waals surface area contributed by atoms with Crippen molar-refractivity contribution in [2.45, 2.75) is 71.4 Å². The quantitative estimate of drug-likeness (QED) is 0.340. The number of nitrogens with one attached hydrogen (secondary N) is 1. The number of amides is 2. The number of piperazine rings is 1. The topological polar surface area (TPSA) is 80.3 Å². The molecule has 0 unspecified atom stereocenters. The van der Waals surface area contributed by atoms with Gasteiger partial charge in [0, 0.05) is 61.8 Å². The van der Waals surface area contributed by atoms with E-state index >= 15 is 0 Å². The Kier molecular flexibility index (Phi) is 12.1. The number of ether oxygens (including phenoxy) is 3. The molecule has 43 heavy (non-hydrogen) atoms. The third-order valence-electron chi connectivity index (χ3n) is 7.41. The molecule has 8 nitrogen and oxygen atoms in total. The minimum atomic E-state index is -4.62. The van der Waals surface area contributed by atoms with Gasteiger partial charge in [-0.2, -0.15) is 13.2 Å². The zero-order valence-corrected chi connectivity index (χ0v) is 27.9. The summed E-state index contributed by atoms with van der Waals surface area (Å²) in [7, 11) is 3.39. The summed E-state index contributed by atoms with van der Waals surface area (Å²) < 4.78 is 58.2. The molecule has 0 atom stereocenters. The van der Waals surface area contributed by atoms with E-state index in [1.165, 1.54) is 17.0 Å². The molecule has 2 aromatic rings. The molecule has 1 heterocycles. The van der Waals surface area contributed by atoms with E-state index in [1.807, 2.05) is 27.7 Å². The molecule has 3 rings (SSSR count). The van der Waals surface area contributed by atoms with Crippen LogP contribution in [-0.2, 0) is 20.4 Å². The Hall–Kier alpha value is -2.83. The van der Waals surface area contributed by atoms with Crippen LogP contribution in [0.3, 0.4) is 0 Å². The van der Waals surface area contributed by atoms with Crippen molar-refractivity contribution in [3.05, 3.63) is 58.1 Å². The van der Waals surface area contributed by atoms with Gasteiger partial charge in [-0.15, -0.1) is 0 Å². The number of methoxy groups -OCH3 is 2. The van der Waals surface area contributed by atoms with Crippen molar-refractivity contribution in [3.8, 4) is 0 Å². The lowest BCUT2D eigenvalue weighted by Gasteiger charge is -2.38. The Morgan fingerprint density at radius 1 is 0.814 bits per heavy atom. The van der Waals surface area contributed by atoms with Gasteiger partial charge in [-0.1, -0.05) is 15.9 Å². The third-order valence-corrected chi connectivity index (χ3v) is 7.94. The molecule has 2 amide bonds. The summed E-state index contributed by atoms with van der Waals surface area (Å²) in [5.74, 6) is -0.505. The van der Waals surface area contributed by atoms with E-state index in [2.05, 4.69) is 21.2 Å². The second-order valence-corrected chi connectivity index (χ2v) is 13.0. The van der Waals surface area contributed by atoms with Crippen LogP contribution in [0.2, 0.25) is 0 Å². The van der Waals surface area contributed by atoms with Crippen molar-refractivity contribution in [2.75, 3.05) is 50.6 Å². The second kappa shape index (κ2) is 14.3. The predicted molar refractivity (Wildman–Crippen MR) is 166 cm³/mol. The fraction of sp³-hybridized carbons (Fsp3) is 0.548. The normalized spacial score (nSPS) is 14.5. The Labute approximate surface area is 261 Å². The molecular formula is C31H43BrF3N3O5. The molecule has 0 aliphatic carbocycles. The maximum atomic E-state index is 13.8. The van der Waals surface area contributed by atoms with Crippen molar-refractivity contribution in [1.82, 2.24) is 4.90 Å². The molecule has 240 valence electrons. The van der Waals surface area contributed by atoms with Crippen LogP contribution in [0, 0.1) is 0 Å². The van der Waals surface area contributed by atoms with E-state index in [0.29, 0.717) is 5.56 Å². The standard InChI is InChI=1S/C23H25BrF3N3O3.C8H18O2/c1-22(2,3)33-21(32)30-12-10-29(11-13-30)19-9-8-17(14-18(19)23(25,26)27)28-20(31)15-4-6-16(24)7-5-15;1-7(2,9-5)8(3,4)10-6/h4-9,14H,10-13H2,1-3H3,(H,28,31);1-6H3. The van der Waals surface area contributed by atoms with Gasteiger partial charge >= 0.3 is 12.3 Å². The van der Waals surface area contributed by atoms with E-state index in [9.17, 15) is 22.8 Å². The molecule has 1 aliphatic heterocycles. The maximum absolute atomic E-state index is 13.8. The fourth-order valence-corrected chi connectivity index (χ4v) is 4.13. The highest BCUT2D eigenvalue weighted by molar-refractivity contribution is 9.10. The number of hydrogen-bond acceptors (Lipinski definition) is 6. The van der Waals surface area contributed by atoms with Crippen LogP contribution in [0.5, 0.6) is 0 Å². The molecule has 1 aliphatic rings. The number of carbonyl (C=O) groups excluding carboxylic acids is 2. The molecule has 1 N–H and O–H groups in total. The summed E-state index contributed by atoms with van der Waals surface area (Å²) in [6.07, 6.45) is -5.10. The molecule has 1 fully saturated rings. The van der Waals surface area contributed by atoms with Gasteiger partial charge in [-0.25, -0.2) is 4.79 Å². The minimum absolute atomic E-state index is 0.00739. The van der Waals surface area contributed by atoms with Gasteiger partial charge in [0.05, 0.1) is 16.8 Å². The third kappa shape index (κ3) is 10.4. The first kappa shape index (κ1) is 36.4. The van der Waals surface area contributed by atoms with Crippen molar-refractivity contribution < 1.29 is 37.0 Å². The van der Waals surface area contributed by atoms with E-state index in [1.54, 1.807) is 64.2 Å². The highest BCUT2D eigenvalue weighted by Gasteiger charge is 2.38. The summed E-state index contributed by atoms with van der Waals surface area (Å²) in [6.45, 7) is 14.3. The summed E-state index contributed by atoms with van der Waals surface area (Å²) in [5, 5.41) is 2.52. The lowest BCUT2D eigenvalue weighted by molar-refractivity contribution is -0.147. The highest BCUT2D eigenvalue weighted by atomic mass is 79.9. The molecule has 0 bridgehead atoms. The maximum Gasteiger partial charge on any atom is 0.418 e. The number of anilines is 2. The minimum Gasteiger partial charge on any atom is -0.444 e. The molecule has 0 aromatic heterocycles. The molecule has 0 spiro atoms. The molecule has 0 radical (unpaired) electrons. The molecule has 0 saturated carbocycles. The molecule has 2 aromatic carbocycles. The Morgan fingerprint density at radius 2 is 1.33 bits per heavy atom. The summed E-state index contributed by atoms with van der Waals surface area (Å²) in [4.78, 5) is 27.7. The first-order valence-electron chi connectivity index (χ1n) is 13.8. The molecule has 12 heteroatoms. The number of benzene rings is 2. The predicted octanol–water partition coefficient (Wildman–Crippen LogP) is 7.61. The van der Waals surface area contributed by atoms with Gasteiger partial charge in [0.2, 0.25) is 0 Å². The van der Waals surface area contributed by atoms with E-state index < -0.39 is 29.3 Å².